The number of carbonyl (C=O) groups is 11. The first-order valence-electron chi connectivity index (χ1n) is 29.5. The van der Waals surface area contributed by atoms with Gasteiger partial charge in [-0.05, 0) is 6.92 Å². The Kier molecular flexibility index (Phi) is 38.4. The first kappa shape index (κ1) is 84.2. The number of Topliss-reactive ketones (excluding diaryl/α,β-unsaturated/α-hetero) is 1. The van der Waals surface area contributed by atoms with E-state index >= 15 is 0 Å². The maximum Gasteiger partial charge on any atom is 0.317 e. The number of aliphatic hydroxyl groups is 9. The minimum atomic E-state index is -1.94. The van der Waals surface area contributed by atoms with E-state index in [4.69, 9.17) is 18.9 Å². The summed E-state index contributed by atoms with van der Waals surface area (Å²) in [6.07, 6.45) is -15.4. The number of ketones is 1. The van der Waals surface area contributed by atoms with Gasteiger partial charge in [0.2, 0.25) is 11.8 Å². The molecule has 0 aliphatic carbocycles. The summed E-state index contributed by atoms with van der Waals surface area (Å²) in [5.74, 6) is -16.6. The summed E-state index contributed by atoms with van der Waals surface area (Å²) in [7, 11) is 0. The molecule has 544 valence electrons. The average molecular weight is 1380 g/mol. The fourth-order valence-electron chi connectivity index (χ4n) is 10.5. The number of aliphatic hydroxyl groups excluding tert-OH is 9. The topological polar surface area (TPSA) is 624 Å². The molecule has 2 saturated heterocycles. The number of hydrogen-bond acceptors (Lipinski definition) is 31. The van der Waals surface area contributed by atoms with Crippen molar-refractivity contribution in [3.05, 3.63) is 12.3 Å². The van der Waals surface area contributed by atoms with Crippen LogP contribution < -0.4 is 16.0 Å². The van der Waals surface area contributed by atoms with Crippen molar-refractivity contribution < 1.29 is 158 Å². The summed E-state index contributed by atoms with van der Waals surface area (Å²) in [6.45, 7) is -11.4. The molecule has 41 nitrogen and oxygen atoms in total. The zero-order chi connectivity index (χ0) is 71.8. The lowest BCUT2D eigenvalue weighted by atomic mass is 9.85. The van der Waals surface area contributed by atoms with Gasteiger partial charge in [-0.2, -0.15) is 0 Å². The third-order valence-electron chi connectivity index (χ3n) is 14.9. The van der Waals surface area contributed by atoms with Gasteiger partial charge in [-0.1, -0.05) is 6.58 Å². The van der Waals surface area contributed by atoms with Crippen molar-refractivity contribution in [1.82, 2.24) is 45.3 Å². The summed E-state index contributed by atoms with van der Waals surface area (Å²) in [5, 5.41) is 181. The normalized spacial score (nSPS) is 22.7. The number of hydrogen-bond donors (Lipinski definition) is 20. The second-order valence-corrected chi connectivity index (χ2v) is 22.7. The summed E-state index contributed by atoms with van der Waals surface area (Å²) in [5.41, 5.74) is -0.0188. The Morgan fingerprint density at radius 2 is 0.789 bits per heavy atom. The molecule has 0 aromatic heterocycles. The summed E-state index contributed by atoms with van der Waals surface area (Å²) >= 11 is 0. The highest BCUT2D eigenvalue weighted by Crippen LogP contribution is 2.29. The van der Waals surface area contributed by atoms with Crippen molar-refractivity contribution in [3.8, 4) is 0 Å². The Morgan fingerprint density at radius 1 is 0.442 bits per heavy atom. The third-order valence-corrected chi connectivity index (χ3v) is 14.9. The molecule has 20 N–H and O–H groups in total. The molecule has 0 aromatic carbocycles. The summed E-state index contributed by atoms with van der Waals surface area (Å²) in [6, 6.07) is -4.75. The fraction of sp³-hybridized carbons (Fsp3) is 0.759. The van der Waals surface area contributed by atoms with Crippen molar-refractivity contribution in [1.29, 1.82) is 0 Å². The highest BCUT2D eigenvalue weighted by molar-refractivity contribution is 5.81. The van der Waals surface area contributed by atoms with E-state index in [0.29, 0.717) is 0 Å². The number of carboxylic acids is 8. The standard InChI is InChI=1S/C54H91N9O32/c1-29(9-58(13-41(72)73)3-4-59(10-30(2)68)14-42(74)75)55-33(21-64)51(88)31(34(69)22-65)25-92-27-37-49(56-39(70)11-60(15-43(76)77)5-7-62(17-45(80)81)18-46(82)83)52(89)32(35(23-66)94-37)26-93-28-38-50(54(91)53(90)36(24-67)95-38)57-40(71)12-61(16-44(78)79)6-8-63(19-47(84)85)20-48(86)87/h31-38,49-55,64-67,69,88-91H,1,3-28H2,2H3,(H,56,70)(H,57,71)(H,72,73)(H,74,75)(H,76,77)(H,78,79)(H,80,81)(H,82,83)(H,84,85)(H,86,87)/t31-,32-,33-,34+,35+,36+,37+,38+,49-,50-,51-,52-,53-,54+/m0/s1. The van der Waals surface area contributed by atoms with Crippen LogP contribution in [0.2, 0.25) is 0 Å². The molecule has 2 aliphatic heterocycles. The van der Waals surface area contributed by atoms with Crippen LogP contribution >= 0.6 is 0 Å². The SMILES string of the molecule is C=C(CN(CCN(CC(C)=O)CC(=O)O)CC(=O)O)N[C@@H](CO)[C@@H](O)[C@@H](COC[C@H]1O[C@H](CO)[C@H](COC[C@H]2O[C@H](CO)[C@H](O)[C@H](O)[C@H]2NC(=O)CN(CCN(CC(=O)O)CC(=O)O)CC(=O)O)[C@H](O)[C@H]1NC(=O)CN(CCN(CC(=O)O)CC(=O)O)CC(=O)O)[C@H](O)CO. The Hall–Kier alpha value is -6.85. The van der Waals surface area contributed by atoms with Crippen LogP contribution in [0.3, 0.4) is 0 Å². The lowest BCUT2D eigenvalue weighted by Crippen LogP contribution is -2.66. The predicted octanol–water partition coefficient (Wildman–Crippen LogP) is -11.9. The molecule has 0 saturated carbocycles. The van der Waals surface area contributed by atoms with Crippen LogP contribution in [0.15, 0.2) is 12.3 Å². The van der Waals surface area contributed by atoms with E-state index in [-0.39, 0.29) is 50.7 Å². The Balaban J connectivity index is 2.52. The van der Waals surface area contributed by atoms with E-state index in [9.17, 15) is 140 Å². The molecule has 2 heterocycles. The number of nitrogens with one attached hydrogen (secondary N) is 3. The van der Waals surface area contributed by atoms with Gasteiger partial charge in [0.05, 0.1) is 167 Å². The Morgan fingerprint density at radius 3 is 1.15 bits per heavy atom. The highest BCUT2D eigenvalue weighted by atomic mass is 16.6. The second kappa shape index (κ2) is 43.4. The average Bonchev–Trinajstić information content (AvgIpc) is 0.817. The number of ether oxygens (including phenoxy) is 4. The Labute approximate surface area is 542 Å². The lowest BCUT2D eigenvalue weighted by Gasteiger charge is -2.45. The van der Waals surface area contributed by atoms with Crippen LogP contribution in [0.5, 0.6) is 0 Å². The predicted molar refractivity (Wildman–Crippen MR) is 315 cm³/mol. The van der Waals surface area contributed by atoms with Crippen LogP contribution in [0, 0.1) is 11.8 Å². The van der Waals surface area contributed by atoms with Crippen LogP contribution in [0.1, 0.15) is 6.92 Å². The van der Waals surface area contributed by atoms with E-state index in [1.807, 2.05) is 0 Å². The van der Waals surface area contributed by atoms with Gasteiger partial charge >= 0.3 is 47.8 Å². The van der Waals surface area contributed by atoms with Gasteiger partial charge in [-0.3, -0.25) is 82.1 Å². The zero-order valence-corrected chi connectivity index (χ0v) is 52.1. The van der Waals surface area contributed by atoms with Gasteiger partial charge in [0.15, 0.2) is 0 Å². The summed E-state index contributed by atoms with van der Waals surface area (Å²) in [4.78, 5) is 138. The monoisotopic (exact) mass is 1380 g/mol. The van der Waals surface area contributed by atoms with E-state index in [1.54, 1.807) is 0 Å². The molecule has 0 unspecified atom stereocenters. The molecular weight excluding hydrogens is 1290 g/mol. The second-order valence-electron chi connectivity index (χ2n) is 22.7. The van der Waals surface area contributed by atoms with Crippen LogP contribution in [0.25, 0.3) is 0 Å². The van der Waals surface area contributed by atoms with Gasteiger partial charge in [-0.25, -0.2) is 0 Å². The van der Waals surface area contributed by atoms with E-state index in [1.165, 1.54) is 16.7 Å². The smallest absolute Gasteiger partial charge is 0.317 e. The van der Waals surface area contributed by atoms with E-state index < -0.39 is 276 Å². The van der Waals surface area contributed by atoms with E-state index in [0.717, 1.165) is 19.6 Å². The molecule has 95 heavy (non-hydrogen) atoms. The quantitative estimate of drug-likeness (QED) is 0.0269. The van der Waals surface area contributed by atoms with Crippen LogP contribution in [0.4, 0.5) is 0 Å². The number of carbonyl (C=O) groups excluding carboxylic acids is 3. The van der Waals surface area contributed by atoms with Crippen molar-refractivity contribution in [2.75, 3.05) is 171 Å². The number of amides is 2. The van der Waals surface area contributed by atoms with Crippen molar-refractivity contribution in [3.63, 3.8) is 0 Å². The van der Waals surface area contributed by atoms with Crippen molar-refractivity contribution in [2.24, 2.45) is 11.8 Å². The molecule has 0 bridgehead atoms. The molecule has 2 rings (SSSR count). The summed E-state index contributed by atoms with van der Waals surface area (Å²) < 4.78 is 23.8. The first-order chi connectivity index (χ1) is 44.6. The van der Waals surface area contributed by atoms with Gasteiger partial charge in [0.1, 0.15) is 36.3 Å². The number of carboxylic acid groups (broad SMARTS) is 8. The minimum absolute atomic E-state index is 0.0188. The molecule has 2 aliphatic rings. The molecule has 2 fully saturated rings. The minimum Gasteiger partial charge on any atom is -0.480 e. The van der Waals surface area contributed by atoms with Gasteiger partial charge in [-0.15, -0.1) is 0 Å². The molecule has 0 aromatic rings. The van der Waals surface area contributed by atoms with Gasteiger partial charge in [0.25, 0.3) is 0 Å². The third kappa shape index (κ3) is 32.2. The number of aliphatic carboxylic acids is 8. The molecule has 14 atom stereocenters. The largest absolute Gasteiger partial charge is 0.480 e. The van der Waals surface area contributed by atoms with E-state index in [2.05, 4.69) is 22.5 Å². The maximum atomic E-state index is 14.0. The molecule has 41 heteroatoms. The van der Waals surface area contributed by atoms with Crippen molar-refractivity contribution >= 4 is 65.4 Å². The fourth-order valence-corrected chi connectivity index (χ4v) is 10.5. The van der Waals surface area contributed by atoms with Gasteiger partial charge in [0, 0.05) is 63.3 Å². The number of nitrogens with zero attached hydrogens (tertiary/aromatic N) is 6. The van der Waals surface area contributed by atoms with Crippen molar-refractivity contribution in [2.45, 2.75) is 80.0 Å². The Bertz CT molecular complexity index is 2460. The zero-order valence-electron chi connectivity index (χ0n) is 52.1. The van der Waals surface area contributed by atoms with Crippen LogP contribution in [-0.4, -0.2) is 425 Å². The maximum absolute atomic E-state index is 14.0. The molecule has 0 radical (unpaired) electrons. The van der Waals surface area contributed by atoms with Crippen LogP contribution in [-0.2, 0) is 71.7 Å². The lowest BCUT2D eigenvalue weighted by molar-refractivity contribution is -0.217. The molecule has 0 spiro atoms. The first-order valence-corrected chi connectivity index (χ1v) is 29.5. The number of rotatable bonds is 52. The van der Waals surface area contributed by atoms with Gasteiger partial charge < -0.3 is 122 Å². The highest BCUT2D eigenvalue weighted by Gasteiger charge is 2.48. The molecule has 2 amide bonds. The molecular formula is C54H91N9O32.